The molecule has 1 aliphatic heterocycles. The van der Waals surface area contributed by atoms with E-state index in [0.717, 1.165) is 71.5 Å². The van der Waals surface area contributed by atoms with Crippen LogP contribution in [0.5, 0.6) is 0 Å². The van der Waals surface area contributed by atoms with E-state index in [-0.39, 0.29) is 5.91 Å². The van der Waals surface area contributed by atoms with Crippen LogP contribution in [0, 0.1) is 12.1 Å². The SMILES string of the molecule is CCN(CC)CCNCCC(=O)Nc1sc2c(c1-c1nc3cc#ccc3s1)CCN(C(C)C)C2. The second-order valence-electron chi connectivity index (χ2n) is 8.94. The molecule has 0 spiro atoms. The molecule has 2 N–H and O–H groups in total. The summed E-state index contributed by atoms with van der Waals surface area (Å²) in [5.74, 6) is 0.0543. The van der Waals surface area contributed by atoms with Crippen molar-refractivity contribution in [2.45, 2.75) is 53.1 Å². The van der Waals surface area contributed by atoms with Gasteiger partial charge in [0.05, 0.1) is 10.2 Å². The zero-order chi connectivity index (χ0) is 24.1. The highest BCUT2D eigenvalue weighted by atomic mass is 32.1. The highest BCUT2D eigenvalue weighted by Crippen LogP contribution is 2.45. The summed E-state index contributed by atoms with van der Waals surface area (Å²) in [6, 6.07) is 10.4. The first-order valence-corrected chi connectivity index (χ1v) is 13.9. The first-order valence-electron chi connectivity index (χ1n) is 12.3. The van der Waals surface area contributed by atoms with E-state index in [1.807, 2.05) is 12.1 Å². The van der Waals surface area contributed by atoms with Gasteiger partial charge >= 0.3 is 0 Å². The van der Waals surface area contributed by atoms with Gasteiger partial charge < -0.3 is 15.5 Å². The lowest BCUT2D eigenvalue weighted by molar-refractivity contribution is -0.116. The van der Waals surface area contributed by atoms with E-state index in [2.05, 4.69) is 60.3 Å². The molecular formula is C26H35N5OS2. The molecule has 3 heterocycles. The molecule has 0 fully saturated rings. The van der Waals surface area contributed by atoms with Crippen LogP contribution < -0.4 is 10.6 Å². The van der Waals surface area contributed by atoms with Crippen molar-refractivity contribution >= 4 is 43.8 Å². The van der Waals surface area contributed by atoms with Gasteiger partial charge in [0.25, 0.3) is 0 Å². The third-order valence-corrected chi connectivity index (χ3v) is 8.66. The summed E-state index contributed by atoms with van der Waals surface area (Å²) >= 11 is 3.39. The van der Waals surface area contributed by atoms with Gasteiger partial charge in [-0.15, -0.1) is 22.7 Å². The number of carbonyl (C=O) groups excluding carboxylic acids is 1. The lowest BCUT2D eigenvalue weighted by Gasteiger charge is -2.30. The molecule has 0 aliphatic carbocycles. The Morgan fingerprint density at radius 3 is 2.74 bits per heavy atom. The number of amides is 1. The molecule has 1 aromatic carbocycles. The van der Waals surface area contributed by atoms with E-state index >= 15 is 0 Å². The van der Waals surface area contributed by atoms with Crippen LogP contribution in [0.15, 0.2) is 12.1 Å². The summed E-state index contributed by atoms with van der Waals surface area (Å²) in [6.07, 6.45) is 1.44. The van der Waals surface area contributed by atoms with E-state index in [4.69, 9.17) is 4.98 Å². The molecule has 182 valence electrons. The van der Waals surface area contributed by atoms with Crippen molar-refractivity contribution in [1.82, 2.24) is 20.1 Å². The van der Waals surface area contributed by atoms with Crippen molar-refractivity contribution in [3.63, 3.8) is 0 Å². The maximum Gasteiger partial charge on any atom is 0.226 e. The number of hydrogen-bond donors (Lipinski definition) is 2. The molecule has 1 aliphatic rings. The number of carbonyl (C=O) groups is 1. The van der Waals surface area contributed by atoms with Crippen molar-refractivity contribution < 1.29 is 4.79 Å². The fourth-order valence-electron chi connectivity index (χ4n) is 4.35. The van der Waals surface area contributed by atoms with Crippen LogP contribution in [0.2, 0.25) is 0 Å². The largest absolute Gasteiger partial charge is 0.317 e. The number of nitrogens with one attached hydrogen (secondary N) is 2. The fourth-order valence-corrected chi connectivity index (χ4v) is 6.71. The van der Waals surface area contributed by atoms with Gasteiger partial charge in [-0.25, -0.2) is 4.98 Å². The minimum Gasteiger partial charge on any atom is -0.317 e. The molecule has 0 saturated carbocycles. The van der Waals surface area contributed by atoms with Crippen molar-refractivity contribution in [2.75, 3.05) is 44.6 Å². The average molecular weight is 498 g/mol. The van der Waals surface area contributed by atoms with Gasteiger partial charge in [-0.3, -0.25) is 9.69 Å². The van der Waals surface area contributed by atoms with Crippen molar-refractivity contribution in [3.8, 4) is 10.6 Å². The Labute approximate surface area is 211 Å². The second kappa shape index (κ2) is 11.6. The highest BCUT2D eigenvalue weighted by molar-refractivity contribution is 7.22. The van der Waals surface area contributed by atoms with E-state index in [1.54, 1.807) is 22.7 Å². The highest BCUT2D eigenvalue weighted by Gasteiger charge is 2.28. The van der Waals surface area contributed by atoms with E-state index in [1.165, 1.54) is 10.4 Å². The van der Waals surface area contributed by atoms with Crippen molar-refractivity contribution in [2.24, 2.45) is 0 Å². The Hall–Kier alpha value is -2.02. The van der Waals surface area contributed by atoms with Crippen molar-refractivity contribution in [1.29, 1.82) is 0 Å². The molecule has 0 bridgehead atoms. The molecule has 0 radical (unpaired) electrons. The van der Waals surface area contributed by atoms with E-state index in [9.17, 15) is 4.79 Å². The van der Waals surface area contributed by atoms with Crippen LogP contribution in [0.4, 0.5) is 5.00 Å². The number of thiazole rings is 1. The second-order valence-corrected chi connectivity index (χ2v) is 11.1. The van der Waals surface area contributed by atoms with Gasteiger partial charge in [0.15, 0.2) is 0 Å². The summed E-state index contributed by atoms with van der Waals surface area (Å²) in [5.41, 5.74) is 3.40. The van der Waals surface area contributed by atoms with Gasteiger partial charge in [0.2, 0.25) is 5.91 Å². The van der Waals surface area contributed by atoms with Gasteiger partial charge in [0.1, 0.15) is 10.0 Å². The van der Waals surface area contributed by atoms with Gasteiger partial charge in [-0.2, -0.15) is 0 Å². The third kappa shape index (κ3) is 5.78. The number of hydrogen-bond acceptors (Lipinski definition) is 7. The quantitative estimate of drug-likeness (QED) is 0.378. The third-order valence-electron chi connectivity index (χ3n) is 6.49. The Morgan fingerprint density at radius 1 is 1.21 bits per heavy atom. The Kier molecular flexibility index (Phi) is 8.56. The minimum absolute atomic E-state index is 0.0543. The summed E-state index contributed by atoms with van der Waals surface area (Å²) < 4.78 is 1.10. The molecule has 0 saturated heterocycles. The monoisotopic (exact) mass is 497 g/mol. The summed E-state index contributed by atoms with van der Waals surface area (Å²) in [4.78, 5) is 24.0. The molecule has 4 rings (SSSR count). The zero-order valence-corrected chi connectivity index (χ0v) is 22.3. The average Bonchev–Trinajstić information content (AvgIpc) is 3.41. The summed E-state index contributed by atoms with van der Waals surface area (Å²) in [6.45, 7) is 15.5. The van der Waals surface area contributed by atoms with E-state index < -0.39 is 0 Å². The molecule has 6 nitrogen and oxygen atoms in total. The molecule has 3 aromatic rings. The van der Waals surface area contributed by atoms with Crippen LogP contribution in [0.1, 0.15) is 44.6 Å². The predicted octanol–water partition coefficient (Wildman–Crippen LogP) is 4.65. The Bertz CT molecular complexity index is 1070. The number of thiophene rings is 1. The molecule has 8 heteroatoms. The number of anilines is 1. The predicted molar refractivity (Wildman–Crippen MR) is 144 cm³/mol. The maximum absolute atomic E-state index is 12.9. The maximum atomic E-state index is 12.9. The number of nitrogens with zero attached hydrogens (tertiary/aromatic N) is 3. The van der Waals surface area contributed by atoms with Crippen LogP contribution in [0.3, 0.4) is 0 Å². The smallest absolute Gasteiger partial charge is 0.226 e. The number of aromatic nitrogens is 1. The fraction of sp³-hybridized carbons (Fsp3) is 0.538. The Balaban J connectivity index is 1.49. The molecule has 0 atom stereocenters. The van der Waals surface area contributed by atoms with Gasteiger partial charge in [-0.05, 0) is 38.9 Å². The standard InChI is InChI=1S/C26H35N5OS2/c1-5-30(6-2)16-14-27-13-11-23(32)29-26-24(25-28-20-9-7-8-10-21(20)33-25)19-12-15-31(18(3)4)17-22(19)34-26/h9-10,18,27H,5-6,11-17H2,1-4H3,(H,29,32). The normalized spacial score (nSPS) is 14.1. The number of fused-ring (bicyclic) bond motifs is 2. The topological polar surface area (TPSA) is 60.5 Å². The number of rotatable bonds is 11. The first kappa shape index (κ1) is 25.1. The van der Waals surface area contributed by atoms with E-state index in [0.29, 0.717) is 19.0 Å². The van der Waals surface area contributed by atoms with Crippen LogP contribution in [-0.4, -0.2) is 66.0 Å². The van der Waals surface area contributed by atoms with Crippen molar-refractivity contribution in [3.05, 3.63) is 34.7 Å². The Morgan fingerprint density at radius 2 is 2.00 bits per heavy atom. The molecular weight excluding hydrogens is 462 g/mol. The lowest BCUT2D eigenvalue weighted by atomic mass is 10.0. The van der Waals surface area contributed by atoms with Crippen LogP contribution >= 0.6 is 22.7 Å². The summed E-state index contributed by atoms with van der Waals surface area (Å²) in [5, 5.41) is 8.57. The van der Waals surface area contributed by atoms with Crippen LogP contribution in [0.25, 0.3) is 20.8 Å². The summed E-state index contributed by atoms with van der Waals surface area (Å²) in [7, 11) is 0. The molecule has 1 amide bonds. The van der Waals surface area contributed by atoms with Crippen LogP contribution in [-0.2, 0) is 17.8 Å². The molecule has 2 aromatic heterocycles. The minimum atomic E-state index is 0.0543. The van der Waals surface area contributed by atoms with Gasteiger partial charge in [-0.1, -0.05) is 26.0 Å². The molecule has 34 heavy (non-hydrogen) atoms. The molecule has 0 unspecified atom stereocenters. The zero-order valence-electron chi connectivity index (χ0n) is 20.7. The van der Waals surface area contributed by atoms with Gasteiger partial charge in [0, 0.05) is 67.8 Å². The lowest BCUT2D eigenvalue weighted by Crippen LogP contribution is -2.35. The first-order chi connectivity index (χ1) is 16.5. The number of likely N-dealkylation sites (N-methyl/N-ethyl adjacent to an activating group) is 1.